The largest absolute Gasteiger partial charge is 0.378 e. The second-order valence-corrected chi connectivity index (χ2v) is 6.86. The molecule has 4 heterocycles. The maximum Gasteiger partial charge on any atom is 0.223 e. The molecule has 0 aliphatic carbocycles. The lowest BCUT2D eigenvalue weighted by atomic mass is 10.2. The Bertz CT molecular complexity index is 764. The molecule has 0 saturated carbocycles. The third kappa shape index (κ3) is 3.63. The summed E-state index contributed by atoms with van der Waals surface area (Å²) in [6, 6.07) is 3.94. The van der Waals surface area contributed by atoms with Crippen LogP contribution in [0.2, 0.25) is 0 Å². The molecule has 0 radical (unpaired) electrons. The molecular weight excluding hydrogens is 334 g/mol. The summed E-state index contributed by atoms with van der Waals surface area (Å²) in [6.07, 6.45) is 0.956. The van der Waals surface area contributed by atoms with Crippen LogP contribution in [0.5, 0.6) is 0 Å². The van der Waals surface area contributed by atoms with E-state index in [1.807, 2.05) is 17.0 Å². The number of hydrogen-bond acceptors (Lipinski definition) is 7. The minimum absolute atomic E-state index is 0.139. The Balaban J connectivity index is 1.45. The number of carbonyl (C=O) groups is 1. The highest BCUT2D eigenvalue weighted by Crippen LogP contribution is 2.15. The first-order chi connectivity index (χ1) is 12.7. The van der Waals surface area contributed by atoms with E-state index in [2.05, 4.69) is 27.0 Å². The third-order valence-corrected chi connectivity index (χ3v) is 5.07. The molecular formula is C17H25N7O2. The van der Waals surface area contributed by atoms with Crippen molar-refractivity contribution in [2.75, 3.05) is 64.4 Å². The molecule has 0 N–H and O–H groups in total. The van der Waals surface area contributed by atoms with Crippen molar-refractivity contribution in [1.82, 2.24) is 29.6 Å². The molecule has 4 rings (SSSR count). The number of piperazine rings is 1. The fourth-order valence-electron chi connectivity index (χ4n) is 3.37. The molecule has 0 bridgehead atoms. The van der Waals surface area contributed by atoms with Gasteiger partial charge in [-0.05, 0) is 19.2 Å². The van der Waals surface area contributed by atoms with Gasteiger partial charge in [-0.1, -0.05) is 0 Å². The van der Waals surface area contributed by atoms with Crippen molar-refractivity contribution in [2.24, 2.45) is 0 Å². The molecule has 2 fully saturated rings. The molecule has 2 aromatic rings. The monoisotopic (exact) mass is 359 g/mol. The van der Waals surface area contributed by atoms with Gasteiger partial charge in [0, 0.05) is 52.1 Å². The van der Waals surface area contributed by atoms with Crippen LogP contribution in [0.15, 0.2) is 12.1 Å². The van der Waals surface area contributed by atoms with Crippen molar-refractivity contribution in [1.29, 1.82) is 0 Å². The number of fused-ring (bicyclic) bond motifs is 1. The van der Waals surface area contributed by atoms with Gasteiger partial charge >= 0.3 is 0 Å². The van der Waals surface area contributed by atoms with Gasteiger partial charge in [-0.2, -0.15) is 4.52 Å². The van der Waals surface area contributed by atoms with Gasteiger partial charge < -0.3 is 19.4 Å². The predicted octanol–water partition coefficient (Wildman–Crippen LogP) is -0.332. The minimum atomic E-state index is 0.139. The molecule has 2 aromatic heterocycles. The number of likely N-dealkylation sites (N-methyl/N-ethyl adjacent to an activating group) is 1. The number of ether oxygens (including phenoxy) is 1. The van der Waals surface area contributed by atoms with Crippen molar-refractivity contribution in [3.8, 4) is 0 Å². The number of aryl methyl sites for hydroxylation is 1. The highest BCUT2D eigenvalue weighted by Gasteiger charge is 2.19. The van der Waals surface area contributed by atoms with Crippen LogP contribution in [0.4, 0.5) is 5.82 Å². The zero-order chi connectivity index (χ0) is 17.9. The molecule has 9 nitrogen and oxygen atoms in total. The highest BCUT2D eigenvalue weighted by molar-refractivity contribution is 5.76. The van der Waals surface area contributed by atoms with E-state index in [0.717, 1.165) is 43.5 Å². The second kappa shape index (κ2) is 7.55. The molecule has 0 aromatic carbocycles. The second-order valence-electron chi connectivity index (χ2n) is 6.86. The summed E-state index contributed by atoms with van der Waals surface area (Å²) in [5.41, 5.74) is 0.719. The zero-order valence-corrected chi connectivity index (χ0v) is 15.2. The first-order valence-electron chi connectivity index (χ1n) is 9.21. The van der Waals surface area contributed by atoms with Crippen LogP contribution in [-0.2, 0) is 16.0 Å². The Kier molecular flexibility index (Phi) is 4.98. The molecule has 9 heteroatoms. The summed E-state index contributed by atoms with van der Waals surface area (Å²) in [5, 5.41) is 13.2. The lowest BCUT2D eigenvalue weighted by Gasteiger charge is -2.33. The van der Waals surface area contributed by atoms with E-state index < -0.39 is 0 Å². The van der Waals surface area contributed by atoms with Crippen LogP contribution >= 0.6 is 0 Å². The van der Waals surface area contributed by atoms with E-state index >= 15 is 0 Å². The molecule has 140 valence electrons. The van der Waals surface area contributed by atoms with Gasteiger partial charge in [0.25, 0.3) is 0 Å². The Morgan fingerprint density at radius 1 is 1.08 bits per heavy atom. The van der Waals surface area contributed by atoms with Gasteiger partial charge in [-0.15, -0.1) is 15.3 Å². The van der Waals surface area contributed by atoms with Crippen molar-refractivity contribution in [2.45, 2.75) is 12.8 Å². The summed E-state index contributed by atoms with van der Waals surface area (Å²) in [4.78, 5) is 18.8. The van der Waals surface area contributed by atoms with Crippen LogP contribution in [0.1, 0.15) is 12.2 Å². The molecule has 2 aliphatic heterocycles. The van der Waals surface area contributed by atoms with Crippen LogP contribution in [0.25, 0.3) is 5.65 Å². The quantitative estimate of drug-likeness (QED) is 0.739. The van der Waals surface area contributed by atoms with Crippen molar-refractivity contribution in [3.05, 3.63) is 18.0 Å². The molecule has 0 atom stereocenters. The smallest absolute Gasteiger partial charge is 0.223 e. The van der Waals surface area contributed by atoms with E-state index in [1.54, 1.807) is 4.52 Å². The van der Waals surface area contributed by atoms with Crippen molar-refractivity contribution in [3.63, 3.8) is 0 Å². The van der Waals surface area contributed by atoms with Gasteiger partial charge in [-0.25, -0.2) is 0 Å². The fourth-order valence-corrected chi connectivity index (χ4v) is 3.37. The minimum Gasteiger partial charge on any atom is -0.378 e. The summed E-state index contributed by atoms with van der Waals surface area (Å²) >= 11 is 0. The lowest BCUT2D eigenvalue weighted by molar-refractivity contribution is -0.135. The number of aromatic nitrogens is 4. The van der Waals surface area contributed by atoms with Gasteiger partial charge in [0.2, 0.25) is 5.91 Å². The Morgan fingerprint density at radius 3 is 2.62 bits per heavy atom. The van der Waals surface area contributed by atoms with E-state index in [0.29, 0.717) is 39.1 Å². The topological polar surface area (TPSA) is 79.1 Å². The predicted molar refractivity (Wildman–Crippen MR) is 96.2 cm³/mol. The Labute approximate surface area is 152 Å². The SMILES string of the molecule is CN1CCN(c2ccc3nnc(CCC(=O)N4CCOCC4)n3n2)CC1. The van der Waals surface area contributed by atoms with E-state index in [9.17, 15) is 4.79 Å². The number of morpholine rings is 1. The van der Waals surface area contributed by atoms with E-state index in [4.69, 9.17) is 9.84 Å². The van der Waals surface area contributed by atoms with Gasteiger partial charge in [0.1, 0.15) is 5.82 Å². The number of rotatable bonds is 4. The number of nitrogens with zero attached hydrogens (tertiary/aromatic N) is 7. The zero-order valence-electron chi connectivity index (χ0n) is 15.2. The molecule has 0 spiro atoms. The van der Waals surface area contributed by atoms with Crippen LogP contribution < -0.4 is 4.90 Å². The molecule has 2 aliphatic rings. The van der Waals surface area contributed by atoms with E-state index in [-0.39, 0.29) is 5.91 Å². The van der Waals surface area contributed by atoms with Crippen molar-refractivity contribution >= 4 is 17.4 Å². The summed E-state index contributed by atoms with van der Waals surface area (Å²) < 4.78 is 7.08. The van der Waals surface area contributed by atoms with Crippen LogP contribution in [0, 0.1) is 0 Å². The maximum absolute atomic E-state index is 12.4. The number of carbonyl (C=O) groups excluding carboxylic acids is 1. The van der Waals surface area contributed by atoms with Crippen LogP contribution in [0.3, 0.4) is 0 Å². The summed E-state index contributed by atoms with van der Waals surface area (Å²) in [6.45, 7) is 6.57. The first-order valence-corrected chi connectivity index (χ1v) is 9.21. The average Bonchev–Trinajstić information content (AvgIpc) is 3.09. The van der Waals surface area contributed by atoms with Crippen LogP contribution in [-0.4, -0.2) is 95.0 Å². The fraction of sp³-hybridized carbons (Fsp3) is 0.647. The Hall–Kier alpha value is -2.26. The maximum atomic E-state index is 12.4. The number of amides is 1. The molecule has 2 saturated heterocycles. The number of hydrogen-bond donors (Lipinski definition) is 0. The lowest BCUT2D eigenvalue weighted by Crippen LogP contribution is -2.45. The molecule has 1 amide bonds. The summed E-state index contributed by atoms with van der Waals surface area (Å²) in [7, 11) is 2.14. The van der Waals surface area contributed by atoms with Gasteiger partial charge in [0.15, 0.2) is 11.5 Å². The summed E-state index contributed by atoms with van der Waals surface area (Å²) in [5.74, 6) is 1.81. The molecule has 26 heavy (non-hydrogen) atoms. The highest BCUT2D eigenvalue weighted by atomic mass is 16.5. The van der Waals surface area contributed by atoms with Crippen molar-refractivity contribution < 1.29 is 9.53 Å². The normalized spacial score (nSPS) is 19.3. The molecule has 0 unspecified atom stereocenters. The first kappa shape index (κ1) is 17.2. The Morgan fingerprint density at radius 2 is 1.85 bits per heavy atom. The standard InChI is InChI=1S/C17H25N7O2/c1-21-6-8-22(9-7-21)16-3-2-14-18-19-15(24(14)20-16)4-5-17(25)23-10-12-26-13-11-23/h2-3H,4-13H2,1H3. The number of anilines is 1. The van der Waals surface area contributed by atoms with Gasteiger partial charge in [-0.3, -0.25) is 4.79 Å². The average molecular weight is 359 g/mol. The van der Waals surface area contributed by atoms with Gasteiger partial charge in [0.05, 0.1) is 13.2 Å². The van der Waals surface area contributed by atoms with E-state index in [1.165, 1.54) is 0 Å². The third-order valence-electron chi connectivity index (χ3n) is 5.07.